The van der Waals surface area contributed by atoms with Gasteiger partial charge in [0.05, 0.1) is 5.56 Å². The molecule has 0 amide bonds. The van der Waals surface area contributed by atoms with Crippen LogP contribution < -0.4 is 5.32 Å². The summed E-state index contributed by atoms with van der Waals surface area (Å²) in [4.78, 5) is 22.4. The molecule has 0 aliphatic carbocycles. The van der Waals surface area contributed by atoms with Crippen LogP contribution in [0, 0.1) is 0 Å². The topological polar surface area (TPSA) is 75.6 Å². The van der Waals surface area contributed by atoms with Crippen molar-refractivity contribution in [2.45, 2.75) is 26.4 Å². The quantitative estimate of drug-likeness (QED) is 0.802. The fourth-order valence-electron chi connectivity index (χ4n) is 1.37. The van der Waals surface area contributed by atoms with Gasteiger partial charge in [0, 0.05) is 5.69 Å². The maximum atomic E-state index is 11.5. The van der Waals surface area contributed by atoms with E-state index in [0.29, 0.717) is 5.69 Å². The summed E-state index contributed by atoms with van der Waals surface area (Å²) in [5.74, 6) is -1.47. The number of carbonyl (C=O) groups excluding carboxylic acids is 1. The highest BCUT2D eigenvalue weighted by molar-refractivity contribution is 5.94. The summed E-state index contributed by atoms with van der Waals surface area (Å²) in [7, 11) is 0. The lowest BCUT2D eigenvalue weighted by atomic mass is 10.2. The van der Waals surface area contributed by atoms with E-state index < -0.39 is 17.5 Å². The van der Waals surface area contributed by atoms with Crippen LogP contribution in [0.15, 0.2) is 24.3 Å². The molecule has 0 unspecified atom stereocenters. The molecule has 0 spiro atoms. The number of carboxylic acid groups (broad SMARTS) is 1. The molecule has 0 aliphatic rings. The average Bonchev–Trinajstić information content (AvgIpc) is 2.24. The molecular formula is C13H17NO4. The summed E-state index contributed by atoms with van der Waals surface area (Å²) < 4.78 is 5.11. The van der Waals surface area contributed by atoms with Gasteiger partial charge in [0.15, 0.2) is 0 Å². The third-order valence-electron chi connectivity index (χ3n) is 2.00. The van der Waals surface area contributed by atoms with E-state index in [4.69, 9.17) is 9.84 Å². The Labute approximate surface area is 106 Å². The van der Waals surface area contributed by atoms with Crippen LogP contribution in [0.2, 0.25) is 0 Å². The van der Waals surface area contributed by atoms with E-state index >= 15 is 0 Å². The summed E-state index contributed by atoms with van der Waals surface area (Å²) in [5, 5.41) is 11.7. The fourth-order valence-corrected chi connectivity index (χ4v) is 1.37. The molecule has 0 aromatic heterocycles. The fraction of sp³-hybridized carbons (Fsp3) is 0.385. The van der Waals surface area contributed by atoms with Crippen LogP contribution in [0.1, 0.15) is 31.1 Å². The number of para-hydroxylation sites is 1. The first-order chi connectivity index (χ1) is 8.29. The van der Waals surface area contributed by atoms with Gasteiger partial charge in [-0.1, -0.05) is 12.1 Å². The Morgan fingerprint density at radius 2 is 1.89 bits per heavy atom. The lowest BCUT2D eigenvalue weighted by molar-refractivity contribution is -0.152. The smallest absolute Gasteiger partial charge is 0.337 e. The van der Waals surface area contributed by atoms with Crippen molar-refractivity contribution < 1.29 is 19.4 Å². The third-order valence-corrected chi connectivity index (χ3v) is 2.00. The molecule has 2 N–H and O–H groups in total. The van der Waals surface area contributed by atoms with Crippen molar-refractivity contribution in [2.24, 2.45) is 0 Å². The van der Waals surface area contributed by atoms with Crippen molar-refractivity contribution in [1.82, 2.24) is 0 Å². The van der Waals surface area contributed by atoms with E-state index in [0.717, 1.165) is 0 Å². The predicted octanol–water partition coefficient (Wildman–Crippen LogP) is 2.14. The van der Waals surface area contributed by atoms with Gasteiger partial charge in [-0.25, -0.2) is 4.79 Å². The number of rotatable bonds is 4. The van der Waals surface area contributed by atoms with Crippen LogP contribution in [-0.2, 0) is 9.53 Å². The lowest BCUT2D eigenvalue weighted by Crippen LogP contribution is -2.28. The number of carboxylic acids is 1. The number of aromatic carboxylic acids is 1. The Morgan fingerprint density at radius 1 is 1.28 bits per heavy atom. The molecule has 0 saturated carbocycles. The zero-order chi connectivity index (χ0) is 13.8. The van der Waals surface area contributed by atoms with E-state index in [-0.39, 0.29) is 12.1 Å². The molecule has 0 bridgehead atoms. The van der Waals surface area contributed by atoms with Gasteiger partial charge >= 0.3 is 11.9 Å². The molecule has 0 fully saturated rings. The first-order valence-corrected chi connectivity index (χ1v) is 5.57. The minimum absolute atomic E-state index is 0.0679. The van der Waals surface area contributed by atoms with Crippen LogP contribution in [0.25, 0.3) is 0 Å². The highest BCUT2D eigenvalue weighted by atomic mass is 16.6. The number of hydrogen-bond acceptors (Lipinski definition) is 4. The normalized spacial score (nSPS) is 10.8. The standard InChI is InChI=1S/C13H17NO4/c1-13(2,3)18-11(15)8-14-10-7-5-4-6-9(10)12(16)17/h4-7,14H,8H2,1-3H3,(H,16,17). The molecule has 0 heterocycles. The van der Waals surface area contributed by atoms with Crippen LogP contribution in [0.4, 0.5) is 5.69 Å². The lowest BCUT2D eigenvalue weighted by Gasteiger charge is -2.20. The average molecular weight is 251 g/mol. The number of esters is 1. The van der Waals surface area contributed by atoms with Gasteiger partial charge in [-0.05, 0) is 32.9 Å². The highest BCUT2D eigenvalue weighted by Crippen LogP contribution is 2.15. The number of benzene rings is 1. The number of nitrogens with one attached hydrogen (secondary N) is 1. The number of hydrogen-bond donors (Lipinski definition) is 2. The van der Waals surface area contributed by atoms with E-state index in [9.17, 15) is 9.59 Å². The molecule has 18 heavy (non-hydrogen) atoms. The summed E-state index contributed by atoms with van der Waals surface area (Å²) in [6.45, 7) is 5.25. The molecular weight excluding hydrogens is 234 g/mol. The summed E-state index contributed by atoms with van der Waals surface area (Å²) in [6, 6.07) is 6.40. The first kappa shape index (κ1) is 14.0. The molecule has 98 valence electrons. The molecule has 1 rings (SSSR count). The van der Waals surface area contributed by atoms with Gasteiger partial charge in [0.2, 0.25) is 0 Å². The Hall–Kier alpha value is -2.04. The predicted molar refractivity (Wildman–Crippen MR) is 67.7 cm³/mol. The van der Waals surface area contributed by atoms with Gasteiger partial charge in [-0.3, -0.25) is 4.79 Å². The van der Waals surface area contributed by atoms with E-state index in [1.807, 2.05) is 0 Å². The molecule has 0 radical (unpaired) electrons. The summed E-state index contributed by atoms with van der Waals surface area (Å²) in [6.07, 6.45) is 0. The first-order valence-electron chi connectivity index (χ1n) is 5.57. The van der Waals surface area contributed by atoms with Gasteiger partial charge in [-0.2, -0.15) is 0 Å². The number of carbonyl (C=O) groups is 2. The van der Waals surface area contributed by atoms with Crippen molar-refractivity contribution >= 4 is 17.6 Å². The van der Waals surface area contributed by atoms with Crippen molar-refractivity contribution in [3.63, 3.8) is 0 Å². The molecule has 1 aromatic carbocycles. The van der Waals surface area contributed by atoms with Gasteiger partial charge in [-0.15, -0.1) is 0 Å². The Bertz CT molecular complexity index is 449. The van der Waals surface area contributed by atoms with Crippen molar-refractivity contribution in [3.8, 4) is 0 Å². The second kappa shape index (κ2) is 5.53. The minimum atomic E-state index is -1.04. The third kappa shape index (κ3) is 4.45. The van der Waals surface area contributed by atoms with Gasteiger partial charge in [0.25, 0.3) is 0 Å². The SMILES string of the molecule is CC(C)(C)OC(=O)CNc1ccccc1C(=O)O. The zero-order valence-corrected chi connectivity index (χ0v) is 10.7. The monoisotopic (exact) mass is 251 g/mol. The molecule has 0 saturated heterocycles. The van der Waals surface area contributed by atoms with Crippen LogP contribution in [0.5, 0.6) is 0 Å². The van der Waals surface area contributed by atoms with Crippen LogP contribution >= 0.6 is 0 Å². The maximum Gasteiger partial charge on any atom is 0.337 e. The molecule has 0 atom stereocenters. The Kier molecular flexibility index (Phi) is 4.31. The highest BCUT2D eigenvalue weighted by Gasteiger charge is 2.16. The van der Waals surface area contributed by atoms with Crippen LogP contribution in [-0.4, -0.2) is 29.2 Å². The molecule has 1 aromatic rings. The van der Waals surface area contributed by atoms with Crippen molar-refractivity contribution in [3.05, 3.63) is 29.8 Å². The van der Waals surface area contributed by atoms with Crippen molar-refractivity contribution in [1.29, 1.82) is 0 Å². The minimum Gasteiger partial charge on any atom is -0.478 e. The van der Waals surface area contributed by atoms with Crippen molar-refractivity contribution in [2.75, 3.05) is 11.9 Å². The van der Waals surface area contributed by atoms with E-state index in [2.05, 4.69) is 5.32 Å². The Morgan fingerprint density at radius 3 is 2.44 bits per heavy atom. The second-order valence-corrected chi connectivity index (χ2v) is 4.79. The number of ether oxygens (including phenoxy) is 1. The summed E-state index contributed by atoms with van der Waals surface area (Å²) >= 11 is 0. The summed E-state index contributed by atoms with van der Waals surface area (Å²) in [5.41, 5.74) is -0.0256. The maximum absolute atomic E-state index is 11.5. The van der Waals surface area contributed by atoms with Gasteiger partial charge in [0.1, 0.15) is 12.1 Å². The van der Waals surface area contributed by atoms with Crippen LogP contribution in [0.3, 0.4) is 0 Å². The molecule has 0 aliphatic heterocycles. The largest absolute Gasteiger partial charge is 0.478 e. The van der Waals surface area contributed by atoms with Gasteiger partial charge < -0.3 is 15.2 Å². The second-order valence-electron chi connectivity index (χ2n) is 4.79. The molecule has 5 heteroatoms. The molecule has 5 nitrogen and oxygen atoms in total. The van der Waals surface area contributed by atoms with E-state index in [1.165, 1.54) is 6.07 Å². The zero-order valence-electron chi connectivity index (χ0n) is 10.7. The Balaban J connectivity index is 2.64. The van der Waals surface area contributed by atoms with E-state index in [1.54, 1.807) is 39.0 Å². The number of anilines is 1.